The van der Waals surface area contributed by atoms with Crippen LogP contribution in [0.2, 0.25) is 0 Å². The number of hydrogen-bond acceptors (Lipinski definition) is 4. The number of nitro groups is 1. The van der Waals surface area contributed by atoms with Crippen molar-refractivity contribution in [2.75, 3.05) is 0 Å². The topological polar surface area (TPSA) is 83.6 Å². The highest BCUT2D eigenvalue weighted by atomic mass is 16.6. The summed E-state index contributed by atoms with van der Waals surface area (Å²) < 4.78 is 0. The Morgan fingerprint density at radius 1 is 1.44 bits per heavy atom. The van der Waals surface area contributed by atoms with Crippen molar-refractivity contribution >= 4 is 5.69 Å². The van der Waals surface area contributed by atoms with Gasteiger partial charge >= 0.3 is 0 Å². The average molecular weight is 223 g/mol. The number of aryl methyl sites for hydroxylation is 1. The van der Waals surface area contributed by atoms with E-state index in [2.05, 4.69) is 0 Å². The van der Waals surface area contributed by atoms with Crippen molar-refractivity contribution in [2.24, 2.45) is 0 Å². The molecule has 0 atom stereocenters. The Kier molecular flexibility index (Phi) is 2.55. The van der Waals surface area contributed by atoms with Crippen molar-refractivity contribution in [3.8, 4) is 5.75 Å². The summed E-state index contributed by atoms with van der Waals surface area (Å²) in [6, 6.07) is 3.95. The maximum absolute atomic E-state index is 10.6. The Hall–Kier alpha value is -1.62. The zero-order valence-electron chi connectivity index (χ0n) is 8.72. The first-order valence-corrected chi connectivity index (χ1v) is 5.19. The van der Waals surface area contributed by atoms with E-state index < -0.39 is 10.5 Å². The van der Waals surface area contributed by atoms with Gasteiger partial charge in [-0.3, -0.25) is 10.1 Å². The molecule has 1 aliphatic carbocycles. The number of phenolic OH excluding ortho intramolecular Hbond substituents is 1. The van der Waals surface area contributed by atoms with Crippen LogP contribution in [-0.4, -0.2) is 20.7 Å². The predicted molar refractivity (Wildman–Crippen MR) is 57.3 cm³/mol. The summed E-state index contributed by atoms with van der Waals surface area (Å²) in [4.78, 5) is 10.1. The number of aliphatic hydroxyl groups is 1. The van der Waals surface area contributed by atoms with E-state index >= 15 is 0 Å². The monoisotopic (exact) mass is 223 g/mol. The maximum Gasteiger partial charge on any atom is 0.269 e. The molecule has 86 valence electrons. The van der Waals surface area contributed by atoms with Gasteiger partial charge in [0.1, 0.15) is 5.75 Å². The number of nitrogens with zero attached hydrogens (tertiary/aromatic N) is 1. The number of phenols is 1. The first-order valence-electron chi connectivity index (χ1n) is 5.19. The molecule has 16 heavy (non-hydrogen) atoms. The van der Waals surface area contributed by atoms with Crippen LogP contribution in [0.15, 0.2) is 18.2 Å². The standard InChI is InChI=1S/C11H13NO4/c13-10-2-1-9(12(15)16)7-8(10)3-4-11(14)5-6-11/h1-2,7,13-14H,3-6H2. The molecule has 0 aliphatic heterocycles. The van der Waals surface area contributed by atoms with Crippen molar-refractivity contribution in [2.45, 2.75) is 31.3 Å². The molecule has 0 bridgehead atoms. The molecule has 5 heteroatoms. The Morgan fingerprint density at radius 3 is 2.69 bits per heavy atom. The van der Waals surface area contributed by atoms with Gasteiger partial charge in [-0.15, -0.1) is 0 Å². The van der Waals surface area contributed by atoms with Crippen molar-refractivity contribution in [3.05, 3.63) is 33.9 Å². The van der Waals surface area contributed by atoms with Gasteiger partial charge < -0.3 is 10.2 Å². The van der Waals surface area contributed by atoms with E-state index in [4.69, 9.17) is 0 Å². The second-order valence-electron chi connectivity index (χ2n) is 4.29. The molecule has 1 aromatic carbocycles. The van der Waals surface area contributed by atoms with Gasteiger partial charge in [0.25, 0.3) is 5.69 Å². The van der Waals surface area contributed by atoms with Crippen molar-refractivity contribution < 1.29 is 15.1 Å². The highest BCUT2D eigenvalue weighted by molar-refractivity contribution is 5.43. The molecule has 0 unspecified atom stereocenters. The van der Waals surface area contributed by atoms with E-state index in [0.29, 0.717) is 18.4 Å². The van der Waals surface area contributed by atoms with Crippen molar-refractivity contribution in [3.63, 3.8) is 0 Å². The van der Waals surface area contributed by atoms with Gasteiger partial charge in [0.05, 0.1) is 10.5 Å². The third-order valence-electron chi connectivity index (χ3n) is 2.96. The normalized spacial score (nSPS) is 17.1. The Balaban J connectivity index is 2.12. The fourth-order valence-electron chi connectivity index (χ4n) is 1.65. The number of hydrogen-bond donors (Lipinski definition) is 2. The molecule has 0 heterocycles. The number of nitro benzene ring substituents is 1. The molecular weight excluding hydrogens is 210 g/mol. The summed E-state index contributed by atoms with van der Waals surface area (Å²) in [5, 5.41) is 29.7. The first kappa shape index (κ1) is 10.9. The van der Waals surface area contributed by atoms with Gasteiger partial charge in [-0.1, -0.05) is 0 Å². The van der Waals surface area contributed by atoms with Crippen molar-refractivity contribution in [1.82, 2.24) is 0 Å². The van der Waals surface area contributed by atoms with Crippen LogP contribution in [0.5, 0.6) is 5.75 Å². The quantitative estimate of drug-likeness (QED) is 0.601. The SMILES string of the molecule is O=[N+]([O-])c1ccc(O)c(CCC2(O)CC2)c1. The number of non-ortho nitro benzene ring substituents is 1. The lowest BCUT2D eigenvalue weighted by molar-refractivity contribution is -0.384. The van der Waals surface area contributed by atoms with E-state index in [1.807, 2.05) is 0 Å². The molecule has 0 amide bonds. The summed E-state index contributed by atoms with van der Waals surface area (Å²) >= 11 is 0. The highest BCUT2D eigenvalue weighted by Gasteiger charge is 2.39. The summed E-state index contributed by atoms with van der Waals surface area (Å²) in [6.07, 6.45) is 2.57. The molecule has 2 rings (SSSR count). The molecular formula is C11H13NO4. The number of aromatic hydroxyl groups is 1. The van der Waals surface area contributed by atoms with Gasteiger partial charge in [0.2, 0.25) is 0 Å². The lowest BCUT2D eigenvalue weighted by Crippen LogP contribution is -2.07. The lowest BCUT2D eigenvalue weighted by Gasteiger charge is -2.08. The maximum atomic E-state index is 10.6. The van der Waals surface area contributed by atoms with E-state index in [1.54, 1.807) is 0 Å². The highest BCUT2D eigenvalue weighted by Crippen LogP contribution is 2.40. The van der Waals surface area contributed by atoms with Crippen LogP contribution < -0.4 is 0 Å². The molecule has 1 aliphatic rings. The predicted octanol–water partition coefficient (Wildman–Crippen LogP) is 1.76. The van der Waals surface area contributed by atoms with E-state index in [9.17, 15) is 20.3 Å². The molecule has 5 nitrogen and oxygen atoms in total. The van der Waals surface area contributed by atoms with Gasteiger partial charge in [-0.2, -0.15) is 0 Å². The smallest absolute Gasteiger partial charge is 0.269 e. The van der Waals surface area contributed by atoms with Gasteiger partial charge in [-0.25, -0.2) is 0 Å². The van der Waals surface area contributed by atoms with Crippen LogP contribution >= 0.6 is 0 Å². The fraction of sp³-hybridized carbons (Fsp3) is 0.455. The molecule has 0 aromatic heterocycles. The summed E-state index contributed by atoms with van der Waals surface area (Å²) in [5.74, 6) is 0.0508. The number of benzene rings is 1. The van der Waals surface area contributed by atoms with Gasteiger partial charge in [-0.05, 0) is 31.7 Å². The van der Waals surface area contributed by atoms with Crippen LogP contribution in [0.4, 0.5) is 5.69 Å². The van der Waals surface area contributed by atoms with Gasteiger partial charge in [0, 0.05) is 17.7 Å². The average Bonchev–Trinajstić information content (AvgIpc) is 2.95. The van der Waals surface area contributed by atoms with E-state index in [1.165, 1.54) is 18.2 Å². The van der Waals surface area contributed by atoms with Crippen LogP contribution in [0.25, 0.3) is 0 Å². The van der Waals surface area contributed by atoms with Crippen molar-refractivity contribution in [1.29, 1.82) is 0 Å². The third-order valence-corrected chi connectivity index (χ3v) is 2.96. The Labute approximate surface area is 92.5 Å². The minimum Gasteiger partial charge on any atom is -0.508 e. The molecule has 2 N–H and O–H groups in total. The summed E-state index contributed by atoms with van der Waals surface area (Å²) in [7, 11) is 0. The minimum absolute atomic E-state index is 0.0319. The first-order chi connectivity index (χ1) is 7.50. The fourth-order valence-corrected chi connectivity index (χ4v) is 1.65. The molecule has 0 saturated heterocycles. The third kappa shape index (κ3) is 2.30. The van der Waals surface area contributed by atoms with Crippen LogP contribution in [-0.2, 0) is 6.42 Å². The molecule has 0 spiro atoms. The zero-order valence-corrected chi connectivity index (χ0v) is 8.72. The Bertz CT molecular complexity index is 426. The second kappa shape index (κ2) is 3.75. The zero-order chi connectivity index (χ0) is 11.8. The lowest BCUT2D eigenvalue weighted by atomic mass is 10.0. The molecule has 1 saturated carbocycles. The van der Waals surface area contributed by atoms with Crippen LogP contribution in [0, 0.1) is 10.1 Å². The Morgan fingerprint density at radius 2 is 2.12 bits per heavy atom. The van der Waals surface area contributed by atoms with Gasteiger partial charge in [0.15, 0.2) is 0 Å². The van der Waals surface area contributed by atoms with Crippen LogP contribution in [0.1, 0.15) is 24.8 Å². The van der Waals surface area contributed by atoms with Crippen LogP contribution in [0.3, 0.4) is 0 Å². The summed E-state index contributed by atoms with van der Waals surface area (Å²) in [5.41, 5.74) is -0.109. The van der Waals surface area contributed by atoms with E-state index in [0.717, 1.165) is 12.8 Å². The summed E-state index contributed by atoms with van der Waals surface area (Å²) in [6.45, 7) is 0. The van der Waals surface area contributed by atoms with E-state index in [-0.39, 0.29) is 11.4 Å². The second-order valence-corrected chi connectivity index (χ2v) is 4.29. The number of rotatable bonds is 4. The minimum atomic E-state index is -0.600. The largest absolute Gasteiger partial charge is 0.508 e. The molecule has 1 aromatic rings. The molecule has 1 fully saturated rings. The molecule has 0 radical (unpaired) electrons.